The molecule has 0 aliphatic heterocycles. The summed E-state index contributed by atoms with van der Waals surface area (Å²) in [5.41, 5.74) is 8.23. The summed E-state index contributed by atoms with van der Waals surface area (Å²) in [5.74, 6) is 1.77. The van der Waals surface area contributed by atoms with Crippen LogP contribution in [0.25, 0.3) is 89.2 Å². The van der Waals surface area contributed by atoms with Gasteiger partial charge in [0.25, 0.3) is 0 Å². The average Bonchev–Trinajstić information content (AvgIpc) is 3.66. The molecule has 5 heteroatoms. The summed E-state index contributed by atoms with van der Waals surface area (Å²) >= 11 is 0. The Labute approximate surface area is 252 Å². The minimum Gasteiger partial charge on any atom is -0.456 e. The molecular weight excluding hydrogens is 542 g/mol. The van der Waals surface area contributed by atoms with Gasteiger partial charge in [0.1, 0.15) is 22.3 Å². The van der Waals surface area contributed by atoms with Crippen LogP contribution in [0.1, 0.15) is 0 Å². The van der Waals surface area contributed by atoms with Crippen LogP contribution in [0.2, 0.25) is 0 Å². The zero-order chi connectivity index (χ0) is 29.0. The highest BCUT2D eigenvalue weighted by atomic mass is 16.3. The summed E-state index contributed by atoms with van der Waals surface area (Å²) in [6.07, 6.45) is 0. The summed E-state index contributed by atoms with van der Waals surface area (Å²) in [5, 5.41) is 4.23. The van der Waals surface area contributed by atoms with Crippen molar-refractivity contribution in [2.24, 2.45) is 0 Å². The van der Waals surface area contributed by atoms with Crippen molar-refractivity contribution in [2.45, 2.75) is 0 Å². The Hall–Kier alpha value is -6.07. The Bertz CT molecular complexity index is 2510. The van der Waals surface area contributed by atoms with E-state index in [4.69, 9.17) is 23.8 Å². The monoisotopic (exact) mass is 565 g/mol. The normalized spacial score (nSPS) is 11.6. The predicted octanol–water partition coefficient (Wildman–Crippen LogP) is 10.3. The second kappa shape index (κ2) is 9.75. The number of hydrogen-bond donors (Lipinski definition) is 0. The van der Waals surface area contributed by atoms with E-state index in [1.807, 2.05) is 84.9 Å². The highest BCUT2D eigenvalue weighted by molar-refractivity contribution is 6.07. The van der Waals surface area contributed by atoms with E-state index in [1.54, 1.807) is 0 Å². The van der Waals surface area contributed by atoms with E-state index in [0.29, 0.717) is 17.5 Å². The molecule has 9 aromatic rings. The van der Waals surface area contributed by atoms with Crippen LogP contribution < -0.4 is 0 Å². The van der Waals surface area contributed by atoms with Crippen molar-refractivity contribution in [1.29, 1.82) is 0 Å². The van der Waals surface area contributed by atoms with Gasteiger partial charge in [-0.25, -0.2) is 15.0 Å². The molecule has 0 saturated heterocycles. The Kier molecular flexibility index (Phi) is 5.43. The minimum atomic E-state index is 0.578. The SMILES string of the molecule is c1ccc(-c2cccc(-c3nc(-c4ccc5c(c4)oc4ccccc45)nc(-c4ccc5oc6ccccc6c5c4)n3)c2)cc1. The summed E-state index contributed by atoms with van der Waals surface area (Å²) in [7, 11) is 0. The quantitative estimate of drug-likeness (QED) is 0.212. The van der Waals surface area contributed by atoms with Gasteiger partial charge >= 0.3 is 0 Å². The number of para-hydroxylation sites is 2. The van der Waals surface area contributed by atoms with Crippen LogP contribution in [0.3, 0.4) is 0 Å². The maximum Gasteiger partial charge on any atom is 0.164 e. The van der Waals surface area contributed by atoms with Crippen molar-refractivity contribution < 1.29 is 8.83 Å². The number of rotatable bonds is 4. The predicted molar refractivity (Wildman–Crippen MR) is 176 cm³/mol. The zero-order valence-corrected chi connectivity index (χ0v) is 23.4. The Morgan fingerprint density at radius 1 is 0.295 bits per heavy atom. The van der Waals surface area contributed by atoms with Crippen molar-refractivity contribution >= 4 is 43.9 Å². The summed E-state index contributed by atoms with van der Waals surface area (Å²) in [6.45, 7) is 0. The number of nitrogens with zero attached hydrogens (tertiary/aromatic N) is 3. The topological polar surface area (TPSA) is 65.0 Å². The smallest absolute Gasteiger partial charge is 0.164 e. The lowest BCUT2D eigenvalue weighted by atomic mass is 10.0. The third-order valence-corrected chi connectivity index (χ3v) is 8.14. The zero-order valence-electron chi connectivity index (χ0n) is 23.4. The van der Waals surface area contributed by atoms with Crippen molar-refractivity contribution in [3.8, 4) is 45.3 Å². The van der Waals surface area contributed by atoms with Crippen LogP contribution in [0.4, 0.5) is 0 Å². The van der Waals surface area contributed by atoms with Crippen LogP contribution in [0.5, 0.6) is 0 Å². The van der Waals surface area contributed by atoms with Gasteiger partial charge in [-0.05, 0) is 59.7 Å². The number of hydrogen-bond acceptors (Lipinski definition) is 5. The average molecular weight is 566 g/mol. The Morgan fingerprint density at radius 3 is 1.55 bits per heavy atom. The molecular formula is C39H23N3O2. The van der Waals surface area contributed by atoms with Gasteiger partial charge in [0, 0.05) is 38.2 Å². The molecule has 0 aliphatic rings. The molecule has 0 bridgehead atoms. The molecule has 0 radical (unpaired) electrons. The van der Waals surface area contributed by atoms with E-state index in [9.17, 15) is 0 Å². The van der Waals surface area contributed by atoms with E-state index < -0.39 is 0 Å². The third kappa shape index (κ3) is 4.06. The van der Waals surface area contributed by atoms with Gasteiger partial charge in [-0.15, -0.1) is 0 Å². The summed E-state index contributed by atoms with van der Waals surface area (Å²) in [6, 6.07) is 47.1. The molecule has 3 heterocycles. The first-order valence-corrected chi connectivity index (χ1v) is 14.5. The van der Waals surface area contributed by atoms with Crippen molar-refractivity contribution in [1.82, 2.24) is 15.0 Å². The second-order valence-electron chi connectivity index (χ2n) is 10.9. The molecule has 6 aromatic carbocycles. The maximum absolute atomic E-state index is 6.21. The van der Waals surface area contributed by atoms with Crippen LogP contribution in [0, 0.1) is 0 Å². The van der Waals surface area contributed by atoms with Gasteiger partial charge in [0.2, 0.25) is 0 Å². The molecule has 0 saturated carbocycles. The van der Waals surface area contributed by atoms with Crippen LogP contribution in [-0.4, -0.2) is 15.0 Å². The molecule has 206 valence electrons. The van der Waals surface area contributed by atoms with Gasteiger partial charge in [-0.1, -0.05) is 91.0 Å². The number of benzene rings is 6. The number of fused-ring (bicyclic) bond motifs is 6. The lowest BCUT2D eigenvalue weighted by molar-refractivity contribution is 0.668. The van der Waals surface area contributed by atoms with E-state index >= 15 is 0 Å². The molecule has 0 N–H and O–H groups in total. The molecule has 9 rings (SSSR count). The molecule has 0 amide bonds. The van der Waals surface area contributed by atoms with E-state index in [1.165, 1.54) is 0 Å². The second-order valence-corrected chi connectivity index (χ2v) is 10.9. The van der Waals surface area contributed by atoms with Crippen LogP contribution in [0.15, 0.2) is 148 Å². The summed E-state index contributed by atoms with van der Waals surface area (Å²) < 4.78 is 12.3. The fourth-order valence-corrected chi connectivity index (χ4v) is 5.96. The van der Waals surface area contributed by atoms with Crippen molar-refractivity contribution in [3.05, 3.63) is 140 Å². The van der Waals surface area contributed by atoms with E-state index in [2.05, 4.69) is 54.6 Å². The number of aromatic nitrogens is 3. The lowest BCUT2D eigenvalue weighted by Crippen LogP contribution is -2.00. The molecule has 5 nitrogen and oxygen atoms in total. The van der Waals surface area contributed by atoms with E-state index in [0.717, 1.165) is 71.7 Å². The minimum absolute atomic E-state index is 0.578. The van der Waals surface area contributed by atoms with Gasteiger partial charge in [-0.2, -0.15) is 0 Å². The first-order chi connectivity index (χ1) is 21.8. The molecule has 0 unspecified atom stereocenters. The fraction of sp³-hybridized carbons (Fsp3) is 0. The highest BCUT2D eigenvalue weighted by Gasteiger charge is 2.16. The van der Waals surface area contributed by atoms with Gasteiger partial charge in [0.05, 0.1) is 0 Å². The first-order valence-electron chi connectivity index (χ1n) is 14.5. The standard InChI is InChI=1S/C39H23N3O2/c1-2-9-24(10-3-1)25-11-8-12-26(21-25)37-40-38(27-18-20-35-32(22-27)30-14-5-7-16-34(30)43-35)42-39(41-37)28-17-19-31-29-13-4-6-15-33(29)44-36(31)23-28/h1-23H. The molecule has 3 aromatic heterocycles. The van der Waals surface area contributed by atoms with Gasteiger partial charge in [-0.3, -0.25) is 0 Å². The highest BCUT2D eigenvalue weighted by Crippen LogP contribution is 2.35. The number of furan rings is 2. The maximum atomic E-state index is 6.21. The van der Waals surface area contributed by atoms with Gasteiger partial charge in [0.15, 0.2) is 17.5 Å². The molecule has 0 spiro atoms. The largest absolute Gasteiger partial charge is 0.456 e. The molecule has 0 atom stereocenters. The fourth-order valence-electron chi connectivity index (χ4n) is 5.96. The molecule has 0 fully saturated rings. The third-order valence-electron chi connectivity index (χ3n) is 8.14. The van der Waals surface area contributed by atoms with Crippen LogP contribution in [-0.2, 0) is 0 Å². The molecule has 44 heavy (non-hydrogen) atoms. The van der Waals surface area contributed by atoms with Crippen LogP contribution >= 0.6 is 0 Å². The molecule has 0 aliphatic carbocycles. The summed E-state index contributed by atoms with van der Waals surface area (Å²) in [4.78, 5) is 15.1. The van der Waals surface area contributed by atoms with Crippen molar-refractivity contribution in [3.63, 3.8) is 0 Å². The Morgan fingerprint density at radius 2 is 0.795 bits per heavy atom. The van der Waals surface area contributed by atoms with Gasteiger partial charge < -0.3 is 8.83 Å². The first kappa shape index (κ1) is 24.5. The Balaban J connectivity index is 1.25. The van der Waals surface area contributed by atoms with E-state index in [-0.39, 0.29) is 0 Å². The van der Waals surface area contributed by atoms with Crippen molar-refractivity contribution in [2.75, 3.05) is 0 Å². The lowest BCUT2D eigenvalue weighted by Gasteiger charge is -2.10.